The number of aliphatic hydroxyl groups excluding tert-OH is 1. The largest absolute Gasteiger partial charge is 0.394 e. The summed E-state index contributed by atoms with van der Waals surface area (Å²) < 4.78 is 5.32. The molecule has 2 aliphatic rings. The summed E-state index contributed by atoms with van der Waals surface area (Å²) in [6, 6.07) is 0. The van der Waals surface area contributed by atoms with Gasteiger partial charge in [-0.3, -0.25) is 0 Å². The molecule has 0 amide bonds. The average Bonchev–Trinajstić information content (AvgIpc) is 2.46. The molecule has 0 aromatic rings. The molecule has 0 aromatic heterocycles. The zero-order chi connectivity index (χ0) is 6.32. The van der Waals surface area contributed by atoms with Gasteiger partial charge in [-0.25, -0.2) is 0 Å². The van der Waals surface area contributed by atoms with Crippen LogP contribution in [0.3, 0.4) is 0 Å². The molecular weight excluding hydrogens is 154 g/mol. The molecule has 0 aliphatic carbocycles. The Hall–Kier alpha value is 0.170. The lowest BCUT2D eigenvalue weighted by Crippen LogP contribution is -2.47. The van der Waals surface area contributed by atoms with Gasteiger partial charge in [-0.05, 0) is 6.42 Å². The van der Waals surface area contributed by atoms with Crippen molar-refractivity contribution in [2.75, 3.05) is 19.8 Å². The quantitative estimate of drug-likeness (QED) is 0.552. The van der Waals surface area contributed by atoms with Crippen LogP contribution in [0.25, 0.3) is 0 Å². The van der Waals surface area contributed by atoms with E-state index in [2.05, 4.69) is 5.32 Å². The molecule has 2 bridgehead atoms. The number of fused-ring (bicyclic) bond motifs is 2. The van der Waals surface area contributed by atoms with Crippen molar-refractivity contribution in [2.24, 2.45) is 0 Å². The zero-order valence-electron chi connectivity index (χ0n) is 5.67. The summed E-state index contributed by atoms with van der Waals surface area (Å²) in [4.78, 5) is 0. The minimum atomic E-state index is -0.0648. The predicted molar refractivity (Wildman–Crippen MR) is 39.4 cm³/mol. The second-order valence-electron chi connectivity index (χ2n) is 2.96. The first kappa shape index (κ1) is 8.27. The van der Waals surface area contributed by atoms with Crippen molar-refractivity contribution >= 4 is 12.4 Å². The van der Waals surface area contributed by atoms with Crippen LogP contribution in [0.5, 0.6) is 0 Å². The van der Waals surface area contributed by atoms with Crippen molar-refractivity contribution in [3.05, 3.63) is 0 Å². The first-order valence-electron chi connectivity index (χ1n) is 3.32. The van der Waals surface area contributed by atoms with E-state index in [1.54, 1.807) is 0 Å². The third-order valence-corrected chi connectivity index (χ3v) is 2.22. The van der Waals surface area contributed by atoms with Crippen LogP contribution in [0.4, 0.5) is 0 Å². The SMILES string of the molecule is Cl.OC[C@@]12CO[C@@H](CN1)C2. The molecule has 2 atom stereocenters. The molecule has 0 unspecified atom stereocenters. The first-order chi connectivity index (χ1) is 4.35. The van der Waals surface area contributed by atoms with Crippen LogP contribution >= 0.6 is 12.4 Å². The van der Waals surface area contributed by atoms with Gasteiger partial charge >= 0.3 is 0 Å². The van der Waals surface area contributed by atoms with Gasteiger partial charge in [-0.1, -0.05) is 0 Å². The predicted octanol–water partition coefficient (Wildman–Crippen LogP) is -0.469. The van der Waals surface area contributed by atoms with Crippen molar-refractivity contribution in [1.29, 1.82) is 0 Å². The first-order valence-corrected chi connectivity index (χ1v) is 3.32. The van der Waals surface area contributed by atoms with Crippen molar-refractivity contribution in [3.8, 4) is 0 Å². The monoisotopic (exact) mass is 165 g/mol. The summed E-state index contributed by atoms with van der Waals surface area (Å²) in [5, 5.41) is 12.1. The van der Waals surface area contributed by atoms with Gasteiger partial charge in [0.2, 0.25) is 0 Å². The third-order valence-electron chi connectivity index (χ3n) is 2.22. The van der Waals surface area contributed by atoms with E-state index in [4.69, 9.17) is 9.84 Å². The number of morpholine rings is 1. The molecule has 0 radical (unpaired) electrons. The topological polar surface area (TPSA) is 41.5 Å². The summed E-state index contributed by atoms with van der Waals surface area (Å²) in [5.41, 5.74) is -0.0648. The van der Waals surface area contributed by atoms with Gasteiger partial charge in [0.05, 0.1) is 24.9 Å². The zero-order valence-corrected chi connectivity index (χ0v) is 6.49. The maximum absolute atomic E-state index is 8.90. The third kappa shape index (κ3) is 1.03. The maximum atomic E-state index is 8.90. The van der Waals surface area contributed by atoms with E-state index in [-0.39, 0.29) is 24.6 Å². The van der Waals surface area contributed by atoms with E-state index in [9.17, 15) is 0 Å². The lowest BCUT2D eigenvalue weighted by molar-refractivity contribution is 0.0523. The Balaban J connectivity index is 0.000000500. The van der Waals surface area contributed by atoms with E-state index in [1.165, 1.54) is 0 Å². The van der Waals surface area contributed by atoms with Crippen LogP contribution in [0.1, 0.15) is 6.42 Å². The van der Waals surface area contributed by atoms with Crippen LogP contribution in [0.15, 0.2) is 0 Å². The van der Waals surface area contributed by atoms with Gasteiger partial charge in [-0.15, -0.1) is 12.4 Å². The van der Waals surface area contributed by atoms with E-state index in [0.29, 0.717) is 12.7 Å². The Labute approximate surface area is 66.2 Å². The Kier molecular flexibility index (Phi) is 2.20. The van der Waals surface area contributed by atoms with Gasteiger partial charge in [0.15, 0.2) is 0 Å². The van der Waals surface area contributed by atoms with Gasteiger partial charge in [0, 0.05) is 6.54 Å². The van der Waals surface area contributed by atoms with E-state index in [1.807, 2.05) is 0 Å². The number of aliphatic hydroxyl groups is 1. The van der Waals surface area contributed by atoms with E-state index < -0.39 is 0 Å². The Morgan fingerprint density at radius 2 is 2.50 bits per heavy atom. The molecule has 2 N–H and O–H groups in total. The summed E-state index contributed by atoms with van der Waals surface area (Å²) in [6.45, 7) is 1.82. The van der Waals surface area contributed by atoms with Crippen LogP contribution in [0, 0.1) is 0 Å². The minimum Gasteiger partial charge on any atom is -0.394 e. The summed E-state index contributed by atoms with van der Waals surface area (Å²) in [6.07, 6.45) is 1.36. The highest BCUT2D eigenvalue weighted by atomic mass is 35.5. The summed E-state index contributed by atoms with van der Waals surface area (Å²) in [7, 11) is 0. The van der Waals surface area contributed by atoms with Gasteiger partial charge in [0.1, 0.15) is 0 Å². The fraction of sp³-hybridized carbons (Fsp3) is 1.00. The Bertz CT molecular complexity index is 123. The van der Waals surface area contributed by atoms with Crippen LogP contribution < -0.4 is 5.32 Å². The fourth-order valence-electron chi connectivity index (χ4n) is 1.58. The van der Waals surface area contributed by atoms with Gasteiger partial charge in [-0.2, -0.15) is 0 Å². The maximum Gasteiger partial charge on any atom is 0.0719 e. The fourth-order valence-corrected chi connectivity index (χ4v) is 1.58. The number of ether oxygens (including phenoxy) is 1. The van der Waals surface area contributed by atoms with Crippen molar-refractivity contribution in [1.82, 2.24) is 5.32 Å². The van der Waals surface area contributed by atoms with Crippen LogP contribution in [-0.4, -0.2) is 36.5 Å². The molecule has 2 fully saturated rings. The molecular formula is C6H12ClNO2. The average molecular weight is 166 g/mol. The molecule has 2 saturated heterocycles. The van der Waals surface area contributed by atoms with Gasteiger partial charge < -0.3 is 15.2 Å². The Morgan fingerprint density at radius 1 is 1.70 bits per heavy atom. The standard InChI is InChI=1S/C6H11NO2.ClH/c8-3-6-1-5(2-7-6)9-4-6;/h5,7-8H,1-4H2;1H/t5-,6+;/m1./s1. The number of rotatable bonds is 1. The number of hydrogen-bond acceptors (Lipinski definition) is 3. The molecule has 0 spiro atoms. The number of halogens is 1. The molecule has 4 heteroatoms. The molecule has 10 heavy (non-hydrogen) atoms. The molecule has 2 aliphatic heterocycles. The molecule has 2 rings (SSSR count). The lowest BCUT2D eigenvalue weighted by atomic mass is 10.0. The highest BCUT2D eigenvalue weighted by Gasteiger charge is 2.45. The number of hydrogen-bond donors (Lipinski definition) is 2. The minimum absolute atomic E-state index is 0. The highest BCUT2D eigenvalue weighted by Crippen LogP contribution is 2.28. The lowest BCUT2D eigenvalue weighted by Gasteiger charge is -2.23. The smallest absolute Gasteiger partial charge is 0.0719 e. The summed E-state index contributed by atoms with van der Waals surface area (Å²) >= 11 is 0. The molecule has 3 nitrogen and oxygen atoms in total. The van der Waals surface area contributed by atoms with Crippen molar-refractivity contribution in [2.45, 2.75) is 18.1 Å². The molecule has 0 saturated carbocycles. The van der Waals surface area contributed by atoms with Crippen LogP contribution in [0.2, 0.25) is 0 Å². The molecule has 2 heterocycles. The highest BCUT2D eigenvalue weighted by molar-refractivity contribution is 5.85. The second-order valence-corrected chi connectivity index (χ2v) is 2.96. The molecule has 0 aromatic carbocycles. The molecule has 60 valence electrons. The number of nitrogens with one attached hydrogen (secondary N) is 1. The van der Waals surface area contributed by atoms with Crippen molar-refractivity contribution in [3.63, 3.8) is 0 Å². The normalized spacial score (nSPS) is 43.5. The van der Waals surface area contributed by atoms with E-state index >= 15 is 0 Å². The summed E-state index contributed by atoms with van der Waals surface area (Å²) in [5.74, 6) is 0. The van der Waals surface area contributed by atoms with Crippen molar-refractivity contribution < 1.29 is 9.84 Å². The van der Waals surface area contributed by atoms with E-state index in [0.717, 1.165) is 13.0 Å². The van der Waals surface area contributed by atoms with Crippen LogP contribution in [-0.2, 0) is 4.74 Å². The second kappa shape index (κ2) is 2.66. The van der Waals surface area contributed by atoms with Gasteiger partial charge in [0.25, 0.3) is 0 Å². The Morgan fingerprint density at radius 3 is 2.70 bits per heavy atom.